The van der Waals surface area contributed by atoms with Crippen LogP contribution in [0.15, 0.2) is 28.7 Å². The SMILES string of the molecule is FC(F)(F)CCCc1ccc(Br)cc1. The van der Waals surface area contributed by atoms with Gasteiger partial charge in [0.1, 0.15) is 0 Å². The largest absolute Gasteiger partial charge is 0.389 e. The molecule has 0 aliphatic rings. The van der Waals surface area contributed by atoms with Crippen LogP contribution >= 0.6 is 15.9 Å². The van der Waals surface area contributed by atoms with Crippen molar-refractivity contribution in [3.05, 3.63) is 34.3 Å². The number of aryl methyl sites for hydroxylation is 1. The van der Waals surface area contributed by atoms with E-state index in [2.05, 4.69) is 15.9 Å². The Kier molecular flexibility index (Phi) is 3.98. The molecule has 0 saturated heterocycles. The lowest BCUT2D eigenvalue weighted by Gasteiger charge is -2.05. The molecule has 0 heterocycles. The van der Waals surface area contributed by atoms with Gasteiger partial charge < -0.3 is 0 Å². The summed E-state index contributed by atoms with van der Waals surface area (Å²) in [4.78, 5) is 0. The summed E-state index contributed by atoms with van der Waals surface area (Å²) >= 11 is 3.27. The molecule has 4 heteroatoms. The van der Waals surface area contributed by atoms with E-state index in [0.717, 1.165) is 10.0 Å². The molecule has 14 heavy (non-hydrogen) atoms. The van der Waals surface area contributed by atoms with Gasteiger partial charge in [0.15, 0.2) is 0 Å². The second-order valence-electron chi connectivity index (χ2n) is 3.10. The Balaban J connectivity index is 2.35. The third kappa shape index (κ3) is 4.65. The molecule has 0 unspecified atom stereocenters. The van der Waals surface area contributed by atoms with Gasteiger partial charge in [0.2, 0.25) is 0 Å². The fraction of sp³-hybridized carbons (Fsp3) is 0.400. The molecule has 0 aliphatic heterocycles. The van der Waals surface area contributed by atoms with Crippen LogP contribution in [0.4, 0.5) is 13.2 Å². The zero-order valence-electron chi connectivity index (χ0n) is 7.44. The first-order valence-corrected chi connectivity index (χ1v) is 5.08. The highest BCUT2D eigenvalue weighted by molar-refractivity contribution is 9.10. The average Bonchev–Trinajstić information content (AvgIpc) is 2.06. The molecule has 0 aliphatic carbocycles. The van der Waals surface area contributed by atoms with Crippen molar-refractivity contribution in [2.75, 3.05) is 0 Å². The molecule has 78 valence electrons. The van der Waals surface area contributed by atoms with E-state index in [9.17, 15) is 13.2 Å². The van der Waals surface area contributed by atoms with E-state index in [0.29, 0.717) is 6.42 Å². The molecule has 0 atom stereocenters. The molecule has 1 rings (SSSR count). The molecular weight excluding hydrogens is 257 g/mol. The molecule has 0 radical (unpaired) electrons. The maximum Gasteiger partial charge on any atom is 0.389 e. The number of alkyl halides is 3. The number of hydrogen-bond acceptors (Lipinski definition) is 0. The third-order valence-corrected chi connectivity index (χ3v) is 2.37. The first kappa shape index (κ1) is 11.6. The summed E-state index contributed by atoms with van der Waals surface area (Å²) in [5.41, 5.74) is 0.942. The summed E-state index contributed by atoms with van der Waals surface area (Å²) in [6, 6.07) is 7.34. The van der Waals surface area contributed by atoms with E-state index in [1.54, 1.807) is 0 Å². The Labute approximate surface area is 89.3 Å². The van der Waals surface area contributed by atoms with Crippen LogP contribution in [0.2, 0.25) is 0 Å². The molecule has 1 aromatic carbocycles. The topological polar surface area (TPSA) is 0 Å². The Bertz CT molecular complexity index is 276. The molecule has 0 amide bonds. The van der Waals surface area contributed by atoms with Gasteiger partial charge in [-0.05, 0) is 30.5 Å². The maximum atomic E-state index is 11.8. The van der Waals surface area contributed by atoms with Gasteiger partial charge in [-0.2, -0.15) is 13.2 Å². The van der Waals surface area contributed by atoms with Crippen LogP contribution in [-0.2, 0) is 6.42 Å². The maximum absolute atomic E-state index is 11.8. The Morgan fingerprint density at radius 3 is 2.14 bits per heavy atom. The molecule has 0 nitrogen and oxygen atoms in total. The fourth-order valence-electron chi connectivity index (χ4n) is 1.14. The van der Waals surface area contributed by atoms with Gasteiger partial charge in [0.05, 0.1) is 0 Å². The monoisotopic (exact) mass is 266 g/mol. The third-order valence-electron chi connectivity index (χ3n) is 1.84. The van der Waals surface area contributed by atoms with Crippen molar-refractivity contribution in [2.45, 2.75) is 25.4 Å². The van der Waals surface area contributed by atoms with E-state index in [1.807, 2.05) is 24.3 Å². The summed E-state index contributed by atoms with van der Waals surface area (Å²) in [6.07, 6.45) is -4.10. The quantitative estimate of drug-likeness (QED) is 0.764. The summed E-state index contributed by atoms with van der Waals surface area (Å²) in [5.74, 6) is 0. The van der Waals surface area contributed by atoms with Gasteiger partial charge in [0.25, 0.3) is 0 Å². The first-order valence-electron chi connectivity index (χ1n) is 4.28. The zero-order valence-corrected chi connectivity index (χ0v) is 9.03. The predicted molar refractivity (Wildman–Crippen MR) is 53.1 cm³/mol. The van der Waals surface area contributed by atoms with Gasteiger partial charge >= 0.3 is 6.18 Å². The van der Waals surface area contributed by atoms with Crippen LogP contribution in [0.1, 0.15) is 18.4 Å². The highest BCUT2D eigenvalue weighted by Crippen LogP contribution is 2.22. The Hall–Kier alpha value is -0.510. The highest BCUT2D eigenvalue weighted by atomic mass is 79.9. The second-order valence-corrected chi connectivity index (χ2v) is 4.01. The number of halogens is 4. The van der Waals surface area contributed by atoms with Crippen molar-refractivity contribution >= 4 is 15.9 Å². The van der Waals surface area contributed by atoms with Gasteiger partial charge in [-0.3, -0.25) is 0 Å². The number of hydrogen-bond donors (Lipinski definition) is 0. The zero-order chi connectivity index (χ0) is 10.6. The molecule has 0 bridgehead atoms. The van der Waals surface area contributed by atoms with Gasteiger partial charge in [-0.1, -0.05) is 28.1 Å². The van der Waals surface area contributed by atoms with E-state index in [1.165, 1.54) is 0 Å². The molecule has 0 aromatic heterocycles. The average molecular weight is 267 g/mol. The van der Waals surface area contributed by atoms with Gasteiger partial charge in [-0.15, -0.1) is 0 Å². The van der Waals surface area contributed by atoms with Gasteiger partial charge in [0, 0.05) is 10.9 Å². The molecule has 0 spiro atoms. The second kappa shape index (κ2) is 4.82. The smallest absolute Gasteiger partial charge is 0.171 e. The lowest BCUT2D eigenvalue weighted by molar-refractivity contribution is -0.135. The van der Waals surface area contributed by atoms with Crippen molar-refractivity contribution in [2.24, 2.45) is 0 Å². The van der Waals surface area contributed by atoms with Gasteiger partial charge in [-0.25, -0.2) is 0 Å². The van der Waals surface area contributed by atoms with Crippen LogP contribution in [0.5, 0.6) is 0 Å². The lowest BCUT2D eigenvalue weighted by atomic mass is 10.1. The molecule has 0 N–H and O–H groups in total. The van der Waals surface area contributed by atoms with E-state index in [4.69, 9.17) is 0 Å². The molecule has 0 fully saturated rings. The van der Waals surface area contributed by atoms with Crippen molar-refractivity contribution < 1.29 is 13.2 Å². The highest BCUT2D eigenvalue weighted by Gasteiger charge is 2.25. The molecule has 0 saturated carbocycles. The first-order chi connectivity index (χ1) is 6.47. The van der Waals surface area contributed by atoms with E-state index >= 15 is 0 Å². The summed E-state index contributed by atoms with van der Waals surface area (Å²) < 4.78 is 36.4. The Morgan fingerprint density at radius 1 is 1.07 bits per heavy atom. The summed E-state index contributed by atoms with van der Waals surface area (Å²) in [7, 11) is 0. The Morgan fingerprint density at radius 2 is 1.64 bits per heavy atom. The number of benzene rings is 1. The van der Waals surface area contributed by atoms with E-state index < -0.39 is 12.6 Å². The van der Waals surface area contributed by atoms with Crippen LogP contribution in [-0.4, -0.2) is 6.18 Å². The van der Waals surface area contributed by atoms with Crippen molar-refractivity contribution in [1.29, 1.82) is 0 Å². The summed E-state index contributed by atoms with van der Waals surface area (Å²) in [6.45, 7) is 0. The number of rotatable bonds is 3. The normalized spacial score (nSPS) is 11.7. The lowest BCUT2D eigenvalue weighted by Crippen LogP contribution is -2.07. The standard InChI is InChI=1S/C10H10BrF3/c11-9-5-3-8(4-6-9)2-1-7-10(12,13)14/h3-6H,1-2,7H2. The summed E-state index contributed by atoms with van der Waals surface area (Å²) in [5, 5.41) is 0. The predicted octanol–water partition coefficient (Wildman–Crippen LogP) is 4.33. The van der Waals surface area contributed by atoms with Crippen molar-refractivity contribution in [1.82, 2.24) is 0 Å². The van der Waals surface area contributed by atoms with Crippen molar-refractivity contribution in [3.8, 4) is 0 Å². The van der Waals surface area contributed by atoms with Crippen LogP contribution < -0.4 is 0 Å². The van der Waals surface area contributed by atoms with Crippen LogP contribution in [0, 0.1) is 0 Å². The fourth-order valence-corrected chi connectivity index (χ4v) is 1.41. The van der Waals surface area contributed by atoms with E-state index in [-0.39, 0.29) is 6.42 Å². The van der Waals surface area contributed by atoms with Crippen molar-refractivity contribution in [3.63, 3.8) is 0 Å². The minimum atomic E-state index is -4.03. The minimum Gasteiger partial charge on any atom is -0.171 e. The minimum absolute atomic E-state index is 0.158. The van der Waals surface area contributed by atoms with Crippen LogP contribution in [0.25, 0.3) is 0 Å². The molecule has 1 aromatic rings. The molecular formula is C10H10BrF3. The van der Waals surface area contributed by atoms with Crippen LogP contribution in [0.3, 0.4) is 0 Å².